The molecule has 1 aliphatic heterocycles. The molecule has 3 N–H and O–H groups in total. The molecule has 0 saturated carbocycles. The van der Waals surface area contributed by atoms with Gasteiger partial charge in [0.2, 0.25) is 5.91 Å². The first-order valence-corrected chi connectivity index (χ1v) is 9.51. The maximum absolute atomic E-state index is 12.7. The zero-order valence-corrected chi connectivity index (χ0v) is 15.9. The number of carbonyl (C=O) groups excluding carboxylic acids is 2. The normalized spacial score (nSPS) is 17.7. The fourth-order valence-electron chi connectivity index (χ4n) is 3.30. The third kappa shape index (κ3) is 5.21. The van der Waals surface area contributed by atoms with Gasteiger partial charge < -0.3 is 20.7 Å². The van der Waals surface area contributed by atoms with E-state index < -0.39 is 0 Å². The van der Waals surface area contributed by atoms with E-state index in [9.17, 15) is 9.59 Å². The van der Waals surface area contributed by atoms with Crippen LogP contribution in [0.5, 0.6) is 5.75 Å². The van der Waals surface area contributed by atoms with Crippen LogP contribution in [0.1, 0.15) is 39.5 Å². The van der Waals surface area contributed by atoms with Crippen molar-refractivity contribution in [2.75, 3.05) is 26.2 Å². The Bertz CT molecular complexity index is 579. The quantitative estimate of drug-likeness (QED) is 0.741. The van der Waals surface area contributed by atoms with Gasteiger partial charge in [0.05, 0.1) is 11.5 Å². The molecule has 1 saturated heterocycles. The van der Waals surface area contributed by atoms with Crippen molar-refractivity contribution in [2.24, 2.45) is 11.7 Å². The molecule has 1 unspecified atom stereocenters. The molecule has 1 aliphatic rings. The molecule has 6 nitrogen and oxygen atoms in total. The highest BCUT2D eigenvalue weighted by Gasteiger charge is 2.33. The van der Waals surface area contributed by atoms with E-state index in [4.69, 9.17) is 10.5 Å². The van der Waals surface area contributed by atoms with Crippen LogP contribution in [0.4, 0.5) is 0 Å². The molecule has 144 valence electrons. The molecule has 0 spiro atoms. The van der Waals surface area contributed by atoms with E-state index in [2.05, 4.69) is 5.32 Å². The molecule has 6 heteroatoms. The summed E-state index contributed by atoms with van der Waals surface area (Å²) in [7, 11) is 0. The molecule has 2 rings (SSSR count). The highest BCUT2D eigenvalue weighted by atomic mass is 16.5. The monoisotopic (exact) mass is 361 g/mol. The van der Waals surface area contributed by atoms with Crippen LogP contribution in [0.15, 0.2) is 30.3 Å². The van der Waals surface area contributed by atoms with Crippen LogP contribution in [0.2, 0.25) is 0 Å². The first-order valence-electron chi connectivity index (χ1n) is 9.51. The average Bonchev–Trinajstić information content (AvgIpc) is 2.71. The molecular weight excluding hydrogens is 330 g/mol. The van der Waals surface area contributed by atoms with Gasteiger partial charge >= 0.3 is 0 Å². The van der Waals surface area contributed by atoms with Crippen LogP contribution < -0.4 is 15.8 Å². The molecular formula is C20H31N3O3. The number of para-hydroxylation sites is 1. The summed E-state index contributed by atoms with van der Waals surface area (Å²) < 4.78 is 5.54. The van der Waals surface area contributed by atoms with E-state index in [1.165, 1.54) is 0 Å². The minimum absolute atomic E-state index is 0.000581. The molecule has 2 amide bonds. The Morgan fingerprint density at radius 1 is 1.27 bits per heavy atom. The Hall–Kier alpha value is -2.08. The molecule has 1 heterocycles. The number of nitrogens with two attached hydrogens (primary N) is 1. The maximum Gasteiger partial charge on any atom is 0.260 e. The standard InChI is InChI=1S/C20H31N3O3/c1-3-20(4-2,15-21)22-19(25)16-9-8-12-23(13-16)18(24)14-26-17-10-6-5-7-11-17/h5-7,10-11,16H,3-4,8-9,12-15,21H2,1-2H3,(H,22,25). The average molecular weight is 361 g/mol. The molecule has 0 bridgehead atoms. The van der Waals surface area contributed by atoms with Gasteiger partial charge in [0.15, 0.2) is 6.61 Å². The van der Waals surface area contributed by atoms with Crippen molar-refractivity contribution in [3.05, 3.63) is 30.3 Å². The lowest BCUT2D eigenvalue weighted by molar-refractivity contribution is -0.138. The van der Waals surface area contributed by atoms with E-state index in [-0.39, 0.29) is 29.9 Å². The number of amides is 2. The first kappa shape index (κ1) is 20.2. The third-order valence-corrected chi connectivity index (χ3v) is 5.38. The lowest BCUT2D eigenvalue weighted by Gasteiger charge is -2.36. The number of nitrogens with zero attached hydrogens (tertiary/aromatic N) is 1. The van der Waals surface area contributed by atoms with Crippen LogP contribution in [0, 0.1) is 5.92 Å². The van der Waals surface area contributed by atoms with Crippen molar-refractivity contribution in [2.45, 2.75) is 45.1 Å². The van der Waals surface area contributed by atoms with Gasteiger partial charge in [-0.25, -0.2) is 0 Å². The van der Waals surface area contributed by atoms with Crippen LogP contribution >= 0.6 is 0 Å². The fourth-order valence-corrected chi connectivity index (χ4v) is 3.30. The summed E-state index contributed by atoms with van der Waals surface area (Å²) in [5.41, 5.74) is 5.53. The van der Waals surface area contributed by atoms with Crippen LogP contribution in [-0.2, 0) is 9.59 Å². The summed E-state index contributed by atoms with van der Waals surface area (Å²) >= 11 is 0. The van der Waals surface area contributed by atoms with E-state index in [0.717, 1.165) is 25.7 Å². The number of piperidine rings is 1. The van der Waals surface area contributed by atoms with Crippen molar-refractivity contribution < 1.29 is 14.3 Å². The summed E-state index contributed by atoms with van der Waals surface area (Å²) in [5.74, 6) is 0.405. The number of carbonyl (C=O) groups is 2. The summed E-state index contributed by atoms with van der Waals surface area (Å²) in [6.45, 7) is 5.60. The fraction of sp³-hybridized carbons (Fsp3) is 0.600. The molecule has 0 radical (unpaired) electrons. The van der Waals surface area contributed by atoms with E-state index >= 15 is 0 Å². The van der Waals surface area contributed by atoms with Gasteiger partial charge in [-0.3, -0.25) is 9.59 Å². The molecule has 1 aromatic rings. The van der Waals surface area contributed by atoms with Gasteiger partial charge in [0.1, 0.15) is 5.75 Å². The molecule has 0 aromatic heterocycles. The molecule has 0 aliphatic carbocycles. The first-order chi connectivity index (χ1) is 12.5. The van der Waals surface area contributed by atoms with E-state index in [1.54, 1.807) is 4.90 Å². The number of ether oxygens (including phenoxy) is 1. The van der Waals surface area contributed by atoms with Gasteiger partial charge in [-0.1, -0.05) is 32.0 Å². The Kier molecular flexibility index (Phi) is 7.45. The summed E-state index contributed by atoms with van der Waals surface area (Å²) in [5, 5.41) is 3.13. The Morgan fingerprint density at radius 2 is 1.96 bits per heavy atom. The second-order valence-electron chi connectivity index (χ2n) is 6.96. The van der Waals surface area contributed by atoms with E-state index in [0.29, 0.717) is 25.4 Å². The third-order valence-electron chi connectivity index (χ3n) is 5.38. The van der Waals surface area contributed by atoms with Gasteiger partial charge in [0.25, 0.3) is 5.91 Å². The van der Waals surface area contributed by atoms with Gasteiger partial charge in [0, 0.05) is 19.6 Å². The zero-order valence-electron chi connectivity index (χ0n) is 15.9. The summed E-state index contributed by atoms with van der Waals surface area (Å²) in [6, 6.07) is 9.28. The SMILES string of the molecule is CCC(CC)(CN)NC(=O)C1CCCN(C(=O)COc2ccccc2)C1. The highest BCUT2D eigenvalue weighted by molar-refractivity contribution is 5.82. The van der Waals surface area contributed by atoms with Crippen LogP contribution in [0.25, 0.3) is 0 Å². The number of benzene rings is 1. The molecule has 1 aromatic carbocycles. The summed E-state index contributed by atoms with van der Waals surface area (Å²) in [6.07, 6.45) is 3.21. The summed E-state index contributed by atoms with van der Waals surface area (Å²) in [4.78, 5) is 26.9. The predicted octanol–water partition coefficient (Wildman–Crippen LogP) is 1.94. The highest BCUT2D eigenvalue weighted by Crippen LogP contribution is 2.20. The minimum atomic E-state index is -0.347. The largest absolute Gasteiger partial charge is 0.484 e. The Morgan fingerprint density at radius 3 is 2.58 bits per heavy atom. The lowest BCUT2D eigenvalue weighted by atomic mass is 9.90. The Balaban J connectivity index is 1.89. The number of likely N-dealkylation sites (tertiary alicyclic amines) is 1. The van der Waals surface area contributed by atoms with Gasteiger partial charge in [-0.15, -0.1) is 0 Å². The maximum atomic E-state index is 12.7. The van der Waals surface area contributed by atoms with Crippen LogP contribution in [0.3, 0.4) is 0 Å². The van der Waals surface area contributed by atoms with Crippen LogP contribution in [-0.4, -0.2) is 48.5 Å². The molecule has 1 fully saturated rings. The van der Waals surface area contributed by atoms with Gasteiger partial charge in [-0.05, 0) is 37.8 Å². The number of hydrogen-bond acceptors (Lipinski definition) is 4. The second-order valence-corrected chi connectivity index (χ2v) is 6.96. The predicted molar refractivity (Wildman–Crippen MR) is 102 cm³/mol. The number of hydrogen-bond donors (Lipinski definition) is 2. The Labute approximate surface area is 156 Å². The van der Waals surface area contributed by atoms with Crippen molar-refractivity contribution in [3.63, 3.8) is 0 Å². The van der Waals surface area contributed by atoms with E-state index in [1.807, 2.05) is 44.2 Å². The van der Waals surface area contributed by atoms with Gasteiger partial charge in [-0.2, -0.15) is 0 Å². The molecule has 1 atom stereocenters. The minimum Gasteiger partial charge on any atom is -0.484 e. The number of rotatable bonds is 8. The smallest absolute Gasteiger partial charge is 0.260 e. The zero-order chi connectivity index (χ0) is 19.0. The van der Waals surface area contributed by atoms with Crippen molar-refractivity contribution in [1.29, 1.82) is 0 Å². The topological polar surface area (TPSA) is 84.7 Å². The lowest BCUT2D eigenvalue weighted by Crippen LogP contribution is -2.56. The number of nitrogens with one attached hydrogen (secondary N) is 1. The van der Waals surface area contributed by atoms with Crippen molar-refractivity contribution in [3.8, 4) is 5.75 Å². The van der Waals surface area contributed by atoms with Crippen molar-refractivity contribution in [1.82, 2.24) is 10.2 Å². The second kappa shape index (κ2) is 9.57. The van der Waals surface area contributed by atoms with Crippen molar-refractivity contribution >= 4 is 11.8 Å². The molecule has 26 heavy (non-hydrogen) atoms.